The Morgan fingerprint density at radius 2 is 1.43 bits per heavy atom. The molecule has 4 nitrogen and oxygen atoms in total. The molecule has 3 heterocycles. The van der Waals surface area contributed by atoms with Crippen molar-refractivity contribution in [3.8, 4) is 17.2 Å². The average Bonchev–Trinajstić information content (AvgIpc) is 3.40. The standard InChI is InChI=1S/C38H26N4/c1-3-4-10-25-15-16-26-17-19-33(41-36(26)24(25)2)27-18-20-34-32(23-27)35-30-13-7-5-11-28(30)29-12-6-8-14-31(29)37(35)42(34)38-39-21-9-22-40-38/h3-23H,1H2,2H3/b10-4-. The van der Waals surface area contributed by atoms with Gasteiger partial charge < -0.3 is 0 Å². The molecule has 0 radical (unpaired) electrons. The topological polar surface area (TPSA) is 43.6 Å². The van der Waals surface area contributed by atoms with E-state index in [4.69, 9.17) is 15.0 Å². The van der Waals surface area contributed by atoms with E-state index in [2.05, 4.69) is 115 Å². The summed E-state index contributed by atoms with van der Waals surface area (Å²) in [6, 6.07) is 34.3. The van der Waals surface area contributed by atoms with Crippen molar-refractivity contribution in [3.63, 3.8) is 0 Å². The molecular formula is C38H26N4. The van der Waals surface area contributed by atoms with Gasteiger partial charge in [0.1, 0.15) is 0 Å². The van der Waals surface area contributed by atoms with Crippen LogP contribution in [0, 0.1) is 6.92 Å². The first-order chi connectivity index (χ1) is 20.7. The van der Waals surface area contributed by atoms with Crippen LogP contribution in [0.4, 0.5) is 0 Å². The number of benzene rings is 5. The van der Waals surface area contributed by atoms with Crippen molar-refractivity contribution >= 4 is 60.3 Å². The highest BCUT2D eigenvalue weighted by Gasteiger charge is 2.20. The van der Waals surface area contributed by atoms with Crippen LogP contribution in [0.3, 0.4) is 0 Å². The van der Waals surface area contributed by atoms with E-state index in [1.54, 1.807) is 18.5 Å². The predicted molar refractivity (Wildman–Crippen MR) is 176 cm³/mol. The van der Waals surface area contributed by atoms with E-state index in [9.17, 15) is 0 Å². The highest BCUT2D eigenvalue weighted by Crippen LogP contribution is 2.42. The first kappa shape index (κ1) is 24.2. The Morgan fingerprint density at radius 1 is 0.714 bits per heavy atom. The van der Waals surface area contributed by atoms with Gasteiger partial charge in [0, 0.05) is 39.5 Å². The van der Waals surface area contributed by atoms with E-state index in [0.717, 1.165) is 49.7 Å². The molecule has 42 heavy (non-hydrogen) atoms. The molecule has 0 unspecified atom stereocenters. The number of pyridine rings is 1. The molecule has 0 saturated heterocycles. The van der Waals surface area contributed by atoms with Crippen LogP contribution < -0.4 is 0 Å². The van der Waals surface area contributed by atoms with Crippen molar-refractivity contribution in [3.05, 3.63) is 139 Å². The summed E-state index contributed by atoms with van der Waals surface area (Å²) in [6.07, 6.45) is 9.45. The van der Waals surface area contributed by atoms with Gasteiger partial charge in [-0.05, 0) is 58.5 Å². The lowest BCUT2D eigenvalue weighted by molar-refractivity contribution is 0.991. The number of nitrogens with zero attached hydrogens (tertiary/aromatic N) is 4. The van der Waals surface area contributed by atoms with Crippen molar-refractivity contribution in [2.75, 3.05) is 0 Å². The highest BCUT2D eigenvalue weighted by atomic mass is 15.1. The summed E-state index contributed by atoms with van der Waals surface area (Å²) in [5.41, 5.74) is 7.50. The number of fused-ring (bicyclic) bond motifs is 9. The summed E-state index contributed by atoms with van der Waals surface area (Å²) in [7, 11) is 0. The van der Waals surface area contributed by atoms with Gasteiger partial charge in [-0.25, -0.2) is 15.0 Å². The Morgan fingerprint density at radius 3 is 2.21 bits per heavy atom. The molecule has 0 aliphatic carbocycles. The van der Waals surface area contributed by atoms with Crippen LogP contribution in [0.2, 0.25) is 0 Å². The summed E-state index contributed by atoms with van der Waals surface area (Å²) in [6.45, 7) is 5.95. The Balaban J connectivity index is 1.47. The number of aryl methyl sites for hydroxylation is 1. The van der Waals surface area contributed by atoms with E-state index in [0.29, 0.717) is 5.95 Å². The fourth-order valence-electron chi connectivity index (χ4n) is 6.31. The van der Waals surface area contributed by atoms with Crippen molar-refractivity contribution in [2.45, 2.75) is 6.92 Å². The third kappa shape index (κ3) is 3.59. The van der Waals surface area contributed by atoms with Crippen molar-refractivity contribution < 1.29 is 0 Å². The van der Waals surface area contributed by atoms with Crippen LogP contribution >= 0.6 is 0 Å². The molecule has 0 atom stereocenters. The van der Waals surface area contributed by atoms with Gasteiger partial charge in [0.15, 0.2) is 0 Å². The van der Waals surface area contributed by atoms with Crippen LogP contribution in [-0.4, -0.2) is 19.5 Å². The van der Waals surface area contributed by atoms with Gasteiger partial charge >= 0.3 is 0 Å². The number of aromatic nitrogens is 4. The number of hydrogen-bond donors (Lipinski definition) is 0. The Kier molecular flexibility index (Phi) is 5.47. The maximum absolute atomic E-state index is 5.19. The Hall–Kier alpha value is -5.61. The predicted octanol–water partition coefficient (Wildman–Crippen LogP) is 9.60. The Labute approximate surface area is 242 Å². The molecule has 198 valence electrons. The molecule has 0 bridgehead atoms. The SMILES string of the molecule is C=C/C=C\c1ccc2ccc(-c3ccc4c(c3)c3c5ccccc5c5ccccc5c3n4-c3ncccn3)nc2c1C. The third-order valence-corrected chi connectivity index (χ3v) is 8.25. The zero-order chi connectivity index (χ0) is 28.2. The van der Waals surface area contributed by atoms with Crippen molar-refractivity contribution in [1.82, 2.24) is 19.5 Å². The lowest BCUT2D eigenvalue weighted by Crippen LogP contribution is -2.00. The minimum atomic E-state index is 0.658. The van der Waals surface area contributed by atoms with Crippen LogP contribution in [0.1, 0.15) is 11.1 Å². The quantitative estimate of drug-likeness (QED) is 0.165. The Bertz CT molecular complexity index is 2380. The third-order valence-electron chi connectivity index (χ3n) is 8.25. The van der Waals surface area contributed by atoms with Gasteiger partial charge in [-0.3, -0.25) is 4.57 Å². The molecule has 0 N–H and O–H groups in total. The fraction of sp³-hybridized carbons (Fsp3) is 0.0263. The molecule has 0 fully saturated rings. The second-order valence-corrected chi connectivity index (χ2v) is 10.6. The summed E-state index contributed by atoms with van der Waals surface area (Å²) >= 11 is 0. The van der Waals surface area contributed by atoms with Gasteiger partial charge in [0.25, 0.3) is 0 Å². The van der Waals surface area contributed by atoms with E-state index >= 15 is 0 Å². The van der Waals surface area contributed by atoms with Gasteiger partial charge in [0.2, 0.25) is 5.95 Å². The van der Waals surface area contributed by atoms with Crippen molar-refractivity contribution in [2.24, 2.45) is 0 Å². The largest absolute Gasteiger partial charge is 0.277 e. The second kappa shape index (κ2) is 9.50. The summed E-state index contributed by atoms with van der Waals surface area (Å²) < 4.78 is 2.21. The molecule has 4 heteroatoms. The molecular weight excluding hydrogens is 512 g/mol. The van der Waals surface area contributed by atoms with Gasteiger partial charge in [-0.1, -0.05) is 97.6 Å². The second-order valence-electron chi connectivity index (χ2n) is 10.6. The minimum Gasteiger partial charge on any atom is -0.277 e. The zero-order valence-electron chi connectivity index (χ0n) is 23.1. The number of allylic oxidation sites excluding steroid dienone is 2. The number of rotatable bonds is 4. The van der Waals surface area contributed by atoms with E-state index in [1.165, 1.54) is 26.9 Å². The molecule has 5 aromatic carbocycles. The van der Waals surface area contributed by atoms with Crippen LogP contribution in [0.15, 0.2) is 128 Å². The first-order valence-corrected chi connectivity index (χ1v) is 14.1. The first-order valence-electron chi connectivity index (χ1n) is 14.1. The molecule has 8 rings (SSSR count). The molecule has 3 aromatic heterocycles. The average molecular weight is 539 g/mol. The number of hydrogen-bond acceptors (Lipinski definition) is 3. The maximum atomic E-state index is 5.19. The normalized spacial score (nSPS) is 11.9. The fourth-order valence-corrected chi connectivity index (χ4v) is 6.31. The molecule has 0 amide bonds. The minimum absolute atomic E-state index is 0.658. The zero-order valence-corrected chi connectivity index (χ0v) is 23.1. The van der Waals surface area contributed by atoms with E-state index in [-0.39, 0.29) is 0 Å². The lowest BCUT2D eigenvalue weighted by Gasteiger charge is -2.10. The summed E-state index contributed by atoms with van der Waals surface area (Å²) in [5, 5.41) is 8.32. The highest BCUT2D eigenvalue weighted by molar-refractivity contribution is 6.32. The van der Waals surface area contributed by atoms with Crippen molar-refractivity contribution in [1.29, 1.82) is 0 Å². The summed E-state index contributed by atoms with van der Waals surface area (Å²) in [4.78, 5) is 14.6. The summed E-state index contributed by atoms with van der Waals surface area (Å²) in [5.74, 6) is 0.658. The molecule has 0 aliphatic heterocycles. The molecule has 0 saturated carbocycles. The molecule has 8 aromatic rings. The van der Waals surface area contributed by atoms with Gasteiger partial charge in [-0.15, -0.1) is 0 Å². The lowest BCUT2D eigenvalue weighted by atomic mass is 9.96. The smallest absolute Gasteiger partial charge is 0.234 e. The monoisotopic (exact) mass is 538 g/mol. The van der Waals surface area contributed by atoms with Gasteiger partial charge in [-0.2, -0.15) is 0 Å². The molecule has 0 spiro atoms. The van der Waals surface area contributed by atoms with E-state index < -0.39 is 0 Å². The maximum Gasteiger partial charge on any atom is 0.234 e. The molecule has 0 aliphatic rings. The van der Waals surface area contributed by atoms with Crippen LogP contribution in [0.5, 0.6) is 0 Å². The van der Waals surface area contributed by atoms with E-state index in [1.807, 2.05) is 12.1 Å². The van der Waals surface area contributed by atoms with Gasteiger partial charge in [0.05, 0.1) is 22.2 Å². The van der Waals surface area contributed by atoms with Crippen LogP contribution in [0.25, 0.3) is 77.5 Å². The van der Waals surface area contributed by atoms with Crippen LogP contribution in [-0.2, 0) is 0 Å².